The van der Waals surface area contributed by atoms with Gasteiger partial charge in [0.1, 0.15) is 12.0 Å². The van der Waals surface area contributed by atoms with Gasteiger partial charge in [-0.05, 0) is 31.4 Å². The summed E-state index contributed by atoms with van der Waals surface area (Å²) in [5.41, 5.74) is 0.462. The third-order valence-electron chi connectivity index (χ3n) is 3.90. The minimum atomic E-state index is -1.09. The van der Waals surface area contributed by atoms with Crippen LogP contribution in [0.2, 0.25) is 0 Å². The third-order valence-corrected chi connectivity index (χ3v) is 3.90. The number of methoxy groups -OCH3 is 1. The van der Waals surface area contributed by atoms with Gasteiger partial charge >= 0.3 is 5.97 Å². The zero-order chi connectivity index (χ0) is 18.7. The van der Waals surface area contributed by atoms with Crippen LogP contribution in [-0.2, 0) is 9.53 Å². The normalized spacial score (nSPS) is 15.2. The number of aromatic nitrogens is 1. The van der Waals surface area contributed by atoms with Crippen molar-refractivity contribution < 1.29 is 29.3 Å². The molecule has 7 heteroatoms. The van der Waals surface area contributed by atoms with Crippen molar-refractivity contribution in [3.05, 3.63) is 23.9 Å². The minimum absolute atomic E-state index is 0.197. The Labute approximate surface area is 148 Å². The molecule has 0 saturated heterocycles. The average Bonchev–Trinajstić information content (AvgIpc) is 3.08. The van der Waals surface area contributed by atoms with E-state index in [9.17, 15) is 20.1 Å². The molecular weight excluding hydrogens is 326 g/mol. The van der Waals surface area contributed by atoms with Gasteiger partial charge in [0.2, 0.25) is 5.89 Å². The van der Waals surface area contributed by atoms with Crippen LogP contribution in [-0.4, -0.2) is 45.6 Å². The number of hydrogen-bond donors (Lipinski definition) is 3. The lowest BCUT2D eigenvalue weighted by molar-refractivity contribution is -0.140. The van der Waals surface area contributed by atoms with Crippen LogP contribution in [0.3, 0.4) is 0 Å². The van der Waals surface area contributed by atoms with Gasteiger partial charge in [-0.15, -0.1) is 0 Å². The highest BCUT2D eigenvalue weighted by Gasteiger charge is 2.15. The van der Waals surface area contributed by atoms with Gasteiger partial charge in [0.15, 0.2) is 0 Å². The first-order chi connectivity index (χ1) is 12.0. The summed E-state index contributed by atoms with van der Waals surface area (Å²) in [6.07, 6.45) is 6.07. The van der Waals surface area contributed by atoms with Crippen LogP contribution < -0.4 is 0 Å². The molecule has 0 aliphatic heterocycles. The summed E-state index contributed by atoms with van der Waals surface area (Å²) in [6, 6.07) is 0. The van der Waals surface area contributed by atoms with Gasteiger partial charge < -0.3 is 24.5 Å². The number of carbonyl (C=O) groups is 1. The maximum Gasteiger partial charge on any atom is 0.305 e. The maximum atomic E-state index is 11.0. The average molecular weight is 355 g/mol. The molecule has 1 aromatic rings. The summed E-state index contributed by atoms with van der Waals surface area (Å²) >= 11 is 0. The lowest BCUT2D eigenvalue weighted by atomic mass is 10.1. The number of aliphatic hydroxyl groups excluding tert-OH is 3. The molecule has 0 spiro atoms. The van der Waals surface area contributed by atoms with Crippen LogP contribution in [0, 0.1) is 0 Å². The van der Waals surface area contributed by atoms with E-state index in [0.29, 0.717) is 18.5 Å². The summed E-state index contributed by atoms with van der Waals surface area (Å²) < 4.78 is 9.75. The van der Waals surface area contributed by atoms with Crippen molar-refractivity contribution in [2.24, 2.45) is 0 Å². The SMILES string of the molecule is CCCCC[C@@H](O)c1coc(/C=C/[C@@H](O)[C@@H](O)CCCC(=O)OC)n1. The number of carbonyl (C=O) groups excluding carboxylic acids is 1. The molecule has 0 aromatic carbocycles. The van der Waals surface area contributed by atoms with Crippen molar-refractivity contribution in [2.75, 3.05) is 7.11 Å². The van der Waals surface area contributed by atoms with E-state index >= 15 is 0 Å². The minimum Gasteiger partial charge on any atom is -0.469 e. The Bertz CT molecular complexity index is 527. The van der Waals surface area contributed by atoms with Crippen LogP contribution in [0.5, 0.6) is 0 Å². The van der Waals surface area contributed by atoms with Crippen molar-refractivity contribution >= 4 is 12.0 Å². The van der Waals surface area contributed by atoms with E-state index in [1.807, 2.05) is 0 Å². The lowest BCUT2D eigenvalue weighted by Gasteiger charge is -2.13. The van der Waals surface area contributed by atoms with Crippen LogP contribution >= 0.6 is 0 Å². The molecule has 0 amide bonds. The lowest BCUT2D eigenvalue weighted by Crippen LogP contribution is -2.23. The van der Waals surface area contributed by atoms with Gasteiger partial charge in [-0.2, -0.15) is 0 Å². The van der Waals surface area contributed by atoms with E-state index in [-0.39, 0.29) is 24.7 Å². The van der Waals surface area contributed by atoms with Gasteiger partial charge in [0.05, 0.1) is 25.4 Å². The third kappa shape index (κ3) is 8.29. The molecule has 7 nitrogen and oxygen atoms in total. The summed E-state index contributed by atoms with van der Waals surface area (Å²) in [7, 11) is 1.31. The van der Waals surface area contributed by atoms with E-state index in [0.717, 1.165) is 19.3 Å². The number of oxazole rings is 1. The number of unbranched alkanes of at least 4 members (excludes halogenated alkanes) is 2. The van der Waals surface area contributed by atoms with E-state index in [4.69, 9.17) is 4.42 Å². The summed E-state index contributed by atoms with van der Waals surface area (Å²) in [5, 5.41) is 29.8. The quantitative estimate of drug-likeness (QED) is 0.390. The number of hydrogen-bond acceptors (Lipinski definition) is 7. The molecule has 0 saturated carbocycles. The van der Waals surface area contributed by atoms with Gasteiger partial charge in [-0.1, -0.05) is 26.2 Å². The van der Waals surface area contributed by atoms with Gasteiger partial charge in [0, 0.05) is 6.42 Å². The summed E-state index contributed by atoms with van der Waals surface area (Å²) in [5.74, 6) is -0.0904. The molecule has 3 atom stereocenters. The smallest absolute Gasteiger partial charge is 0.305 e. The predicted molar refractivity (Wildman–Crippen MR) is 92.5 cm³/mol. The molecule has 0 radical (unpaired) electrons. The number of rotatable bonds is 12. The van der Waals surface area contributed by atoms with Crippen LogP contribution in [0.1, 0.15) is 69.6 Å². The Morgan fingerprint density at radius 2 is 2.04 bits per heavy atom. The Hall–Kier alpha value is -1.70. The molecule has 0 aliphatic carbocycles. The number of esters is 1. The first-order valence-corrected chi connectivity index (χ1v) is 8.72. The Kier molecular flexibility index (Phi) is 10.1. The second-order valence-corrected chi connectivity index (χ2v) is 6.01. The van der Waals surface area contributed by atoms with E-state index < -0.39 is 18.3 Å². The zero-order valence-corrected chi connectivity index (χ0v) is 14.9. The van der Waals surface area contributed by atoms with E-state index in [1.54, 1.807) is 0 Å². The van der Waals surface area contributed by atoms with Crippen molar-refractivity contribution in [1.82, 2.24) is 4.98 Å². The molecule has 1 rings (SSSR count). The highest BCUT2D eigenvalue weighted by molar-refractivity contribution is 5.68. The molecule has 1 heterocycles. The van der Waals surface area contributed by atoms with Crippen molar-refractivity contribution in [2.45, 2.75) is 70.2 Å². The first-order valence-electron chi connectivity index (χ1n) is 8.72. The number of aliphatic hydroxyl groups is 3. The van der Waals surface area contributed by atoms with E-state index in [1.165, 1.54) is 25.5 Å². The molecule has 25 heavy (non-hydrogen) atoms. The van der Waals surface area contributed by atoms with Crippen LogP contribution in [0.4, 0.5) is 0 Å². The second kappa shape index (κ2) is 11.8. The van der Waals surface area contributed by atoms with Crippen LogP contribution in [0.25, 0.3) is 6.08 Å². The summed E-state index contributed by atoms with van der Waals surface area (Å²) in [4.78, 5) is 15.2. The highest BCUT2D eigenvalue weighted by atomic mass is 16.5. The van der Waals surface area contributed by atoms with Gasteiger partial charge in [0.25, 0.3) is 0 Å². The Morgan fingerprint density at radius 1 is 1.28 bits per heavy atom. The predicted octanol–water partition coefficient (Wildman–Crippen LogP) is 2.37. The molecule has 0 fully saturated rings. The first kappa shape index (κ1) is 21.3. The molecule has 0 aliphatic rings. The number of nitrogens with zero attached hydrogens (tertiary/aromatic N) is 1. The molecular formula is C18H29NO6. The largest absolute Gasteiger partial charge is 0.469 e. The fraction of sp³-hybridized carbons (Fsp3) is 0.667. The fourth-order valence-electron chi connectivity index (χ4n) is 2.30. The topological polar surface area (TPSA) is 113 Å². The van der Waals surface area contributed by atoms with Gasteiger partial charge in [-0.3, -0.25) is 4.79 Å². The molecule has 1 aromatic heterocycles. The Morgan fingerprint density at radius 3 is 2.72 bits per heavy atom. The maximum absolute atomic E-state index is 11.0. The second-order valence-electron chi connectivity index (χ2n) is 6.01. The number of ether oxygens (including phenoxy) is 1. The van der Waals surface area contributed by atoms with Crippen molar-refractivity contribution in [1.29, 1.82) is 0 Å². The van der Waals surface area contributed by atoms with Crippen molar-refractivity contribution in [3.8, 4) is 0 Å². The van der Waals surface area contributed by atoms with Gasteiger partial charge in [-0.25, -0.2) is 4.98 Å². The van der Waals surface area contributed by atoms with Crippen molar-refractivity contribution in [3.63, 3.8) is 0 Å². The monoisotopic (exact) mass is 355 g/mol. The highest BCUT2D eigenvalue weighted by Crippen LogP contribution is 2.19. The van der Waals surface area contributed by atoms with E-state index in [2.05, 4.69) is 16.6 Å². The van der Waals surface area contributed by atoms with Crippen LogP contribution in [0.15, 0.2) is 16.8 Å². The fourth-order valence-corrected chi connectivity index (χ4v) is 2.30. The molecule has 0 bridgehead atoms. The Balaban J connectivity index is 2.42. The summed E-state index contributed by atoms with van der Waals surface area (Å²) in [6.45, 7) is 2.10. The zero-order valence-electron chi connectivity index (χ0n) is 14.9. The molecule has 3 N–H and O–H groups in total. The molecule has 142 valence electrons. The molecule has 0 unspecified atom stereocenters. The standard InChI is InChI=1S/C18H29NO6/c1-3-4-5-7-14(20)13-12-25-17(19-13)11-10-16(22)15(21)8-6-9-18(23)24-2/h10-12,14-16,20-22H,3-9H2,1-2H3/b11-10+/t14-,15+,16-/m1/s1.